The Bertz CT molecular complexity index is 1840. The van der Waals surface area contributed by atoms with Crippen LogP contribution in [-0.4, -0.2) is 27.5 Å². The van der Waals surface area contributed by atoms with E-state index in [1.807, 2.05) is 36.4 Å². The van der Waals surface area contributed by atoms with Crippen LogP contribution >= 0.6 is 0 Å². The van der Waals surface area contributed by atoms with E-state index in [0.29, 0.717) is 30.4 Å². The average Bonchev–Trinajstić information content (AvgIpc) is 3.04. The number of rotatable bonds is 11. The van der Waals surface area contributed by atoms with Gasteiger partial charge in [0, 0.05) is 36.2 Å². The molecule has 0 saturated heterocycles. The summed E-state index contributed by atoms with van der Waals surface area (Å²) in [5.41, 5.74) is 6.42. The highest BCUT2D eigenvalue weighted by Gasteiger charge is 2.24. The van der Waals surface area contributed by atoms with Gasteiger partial charge in [-0.25, -0.2) is 9.78 Å². The van der Waals surface area contributed by atoms with Crippen LogP contribution in [-0.2, 0) is 6.61 Å². The predicted molar refractivity (Wildman–Crippen MR) is 187 cm³/mol. The summed E-state index contributed by atoms with van der Waals surface area (Å²) in [6.45, 7) is 13.6. The van der Waals surface area contributed by atoms with Gasteiger partial charge in [-0.3, -0.25) is 14.7 Å². The lowest BCUT2D eigenvalue weighted by molar-refractivity contribution is 0.256. The fourth-order valence-corrected chi connectivity index (χ4v) is 5.44. The monoisotopic (exact) mass is 617 g/mol. The number of amides is 2. The standard InChI is InChI=1S/C38H43N5O3/c1-24(2)14-18-43(34-22-29-10-8-15-40-36(29)42-37(34)44)38(45)41-35-32(25(3)4)20-30(21-33(35)26(5)6)28-9-7-11-31(19-28)46-23-27-12-16-39-17-13-27/h7-13,15-17,19-22,24-26H,14,18,23H2,1-6H3,(H,41,45)(H,40,42,44). The van der Waals surface area contributed by atoms with Gasteiger partial charge in [-0.15, -0.1) is 0 Å². The number of fused-ring (bicyclic) bond motifs is 1. The van der Waals surface area contributed by atoms with Crippen molar-refractivity contribution >= 4 is 28.4 Å². The van der Waals surface area contributed by atoms with Crippen LogP contribution in [0.4, 0.5) is 16.2 Å². The zero-order valence-electron chi connectivity index (χ0n) is 27.5. The number of anilines is 2. The average molecular weight is 618 g/mol. The number of nitrogens with one attached hydrogen (secondary N) is 2. The Balaban J connectivity index is 1.50. The molecule has 2 amide bonds. The maximum absolute atomic E-state index is 14.2. The van der Waals surface area contributed by atoms with Crippen LogP contribution in [0, 0.1) is 5.92 Å². The van der Waals surface area contributed by atoms with Crippen LogP contribution in [0.2, 0.25) is 0 Å². The molecule has 0 atom stereocenters. The number of nitrogens with zero attached hydrogens (tertiary/aromatic N) is 3. The van der Waals surface area contributed by atoms with E-state index >= 15 is 0 Å². The molecule has 8 heteroatoms. The van der Waals surface area contributed by atoms with Gasteiger partial charge in [0.2, 0.25) is 0 Å². The van der Waals surface area contributed by atoms with Gasteiger partial charge in [-0.2, -0.15) is 0 Å². The number of hydrogen-bond acceptors (Lipinski definition) is 5. The molecule has 3 heterocycles. The summed E-state index contributed by atoms with van der Waals surface area (Å²) >= 11 is 0. The first-order chi connectivity index (χ1) is 22.1. The van der Waals surface area contributed by atoms with Crippen molar-refractivity contribution in [2.45, 2.75) is 66.4 Å². The number of carbonyl (C=O) groups is 1. The number of ether oxygens (including phenoxy) is 1. The van der Waals surface area contributed by atoms with Crippen molar-refractivity contribution in [3.8, 4) is 16.9 Å². The molecule has 0 radical (unpaired) electrons. The third-order valence-corrected chi connectivity index (χ3v) is 8.06. The summed E-state index contributed by atoms with van der Waals surface area (Å²) in [6, 6.07) is 21.4. The summed E-state index contributed by atoms with van der Waals surface area (Å²) in [4.78, 5) is 40.2. The second-order valence-corrected chi connectivity index (χ2v) is 12.7. The minimum Gasteiger partial charge on any atom is -0.489 e. The Kier molecular flexibility index (Phi) is 10.2. The van der Waals surface area contributed by atoms with Gasteiger partial charge in [0.05, 0.1) is 0 Å². The summed E-state index contributed by atoms with van der Waals surface area (Å²) in [5, 5.41) is 4.02. The Morgan fingerprint density at radius 3 is 2.26 bits per heavy atom. The zero-order valence-corrected chi connectivity index (χ0v) is 27.5. The highest BCUT2D eigenvalue weighted by atomic mass is 16.5. The minimum absolute atomic E-state index is 0.123. The van der Waals surface area contributed by atoms with Crippen molar-refractivity contribution in [3.05, 3.63) is 112 Å². The maximum Gasteiger partial charge on any atom is 0.326 e. The molecular formula is C38H43N5O3. The molecule has 0 aliphatic heterocycles. The number of aromatic nitrogens is 3. The molecule has 0 bridgehead atoms. The van der Waals surface area contributed by atoms with E-state index in [1.165, 1.54) is 0 Å². The van der Waals surface area contributed by atoms with Crippen molar-refractivity contribution in [2.75, 3.05) is 16.8 Å². The fraction of sp³-hybridized carbons (Fsp3) is 0.316. The van der Waals surface area contributed by atoms with E-state index in [9.17, 15) is 9.59 Å². The first-order valence-corrected chi connectivity index (χ1v) is 16.0. The molecule has 2 aromatic carbocycles. The van der Waals surface area contributed by atoms with Gasteiger partial charge in [-0.1, -0.05) is 53.7 Å². The van der Waals surface area contributed by atoms with Crippen LogP contribution in [0.15, 0.2) is 90.1 Å². The zero-order chi connectivity index (χ0) is 32.8. The highest BCUT2D eigenvalue weighted by Crippen LogP contribution is 2.38. The van der Waals surface area contributed by atoms with Crippen LogP contribution in [0.5, 0.6) is 5.75 Å². The van der Waals surface area contributed by atoms with E-state index in [1.54, 1.807) is 29.6 Å². The number of carbonyl (C=O) groups excluding carboxylic acids is 1. The molecule has 0 aliphatic rings. The van der Waals surface area contributed by atoms with E-state index < -0.39 is 0 Å². The van der Waals surface area contributed by atoms with Crippen molar-refractivity contribution in [1.82, 2.24) is 15.0 Å². The number of H-pyrrole nitrogens is 1. The smallest absolute Gasteiger partial charge is 0.326 e. The minimum atomic E-state index is -0.348. The Hall–Kier alpha value is -4.98. The van der Waals surface area contributed by atoms with E-state index in [-0.39, 0.29) is 23.4 Å². The molecular weight excluding hydrogens is 574 g/mol. The first-order valence-electron chi connectivity index (χ1n) is 16.0. The molecule has 0 aliphatic carbocycles. The molecule has 5 rings (SSSR count). The number of hydrogen-bond donors (Lipinski definition) is 2. The van der Waals surface area contributed by atoms with Crippen molar-refractivity contribution in [1.29, 1.82) is 0 Å². The molecule has 238 valence electrons. The lowest BCUT2D eigenvalue weighted by atomic mass is 9.88. The number of urea groups is 1. The summed E-state index contributed by atoms with van der Waals surface area (Å²) < 4.78 is 6.11. The molecule has 2 N–H and O–H groups in total. The largest absolute Gasteiger partial charge is 0.489 e. The Morgan fingerprint density at radius 2 is 1.59 bits per heavy atom. The number of aromatic amines is 1. The SMILES string of the molecule is CC(C)CCN(C(=O)Nc1c(C(C)C)cc(-c2cccc(OCc3ccncc3)c2)cc1C(C)C)c1cc2cccnc2[nH]c1=O. The third kappa shape index (κ3) is 7.62. The van der Waals surface area contributed by atoms with Crippen LogP contribution < -0.4 is 20.5 Å². The van der Waals surface area contributed by atoms with Gasteiger partial charge in [0.25, 0.3) is 5.56 Å². The van der Waals surface area contributed by atoms with Crippen LogP contribution in [0.3, 0.4) is 0 Å². The highest BCUT2D eigenvalue weighted by molar-refractivity contribution is 6.03. The van der Waals surface area contributed by atoms with E-state index in [0.717, 1.165) is 51.1 Å². The molecule has 0 saturated carbocycles. The van der Waals surface area contributed by atoms with Crippen molar-refractivity contribution < 1.29 is 9.53 Å². The summed E-state index contributed by atoms with van der Waals surface area (Å²) in [7, 11) is 0. The van der Waals surface area contributed by atoms with Gasteiger partial charge < -0.3 is 15.0 Å². The summed E-state index contributed by atoms with van der Waals surface area (Å²) in [6.07, 6.45) is 5.90. The van der Waals surface area contributed by atoms with Gasteiger partial charge in [-0.05, 0) is 107 Å². The molecule has 5 aromatic rings. The van der Waals surface area contributed by atoms with Gasteiger partial charge >= 0.3 is 6.03 Å². The van der Waals surface area contributed by atoms with E-state index in [4.69, 9.17) is 4.74 Å². The van der Waals surface area contributed by atoms with Gasteiger partial charge in [0.15, 0.2) is 0 Å². The quantitative estimate of drug-likeness (QED) is 0.154. The molecule has 46 heavy (non-hydrogen) atoms. The number of benzene rings is 2. The van der Waals surface area contributed by atoms with Crippen LogP contribution in [0.25, 0.3) is 22.2 Å². The molecule has 0 unspecified atom stereocenters. The first kappa shape index (κ1) is 32.4. The predicted octanol–water partition coefficient (Wildman–Crippen LogP) is 8.90. The van der Waals surface area contributed by atoms with E-state index in [2.05, 4.69) is 86.1 Å². The number of pyridine rings is 3. The topological polar surface area (TPSA) is 100 Å². The normalized spacial score (nSPS) is 11.4. The second kappa shape index (κ2) is 14.4. The second-order valence-electron chi connectivity index (χ2n) is 12.7. The lowest BCUT2D eigenvalue weighted by Gasteiger charge is -2.27. The Morgan fingerprint density at radius 1 is 0.870 bits per heavy atom. The Labute approximate surface area is 270 Å². The lowest BCUT2D eigenvalue weighted by Crippen LogP contribution is -2.40. The molecule has 8 nitrogen and oxygen atoms in total. The van der Waals surface area contributed by atoms with Gasteiger partial charge in [0.1, 0.15) is 23.7 Å². The van der Waals surface area contributed by atoms with Crippen molar-refractivity contribution in [2.24, 2.45) is 5.92 Å². The fourth-order valence-electron chi connectivity index (χ4n) is 5.44. The van der Waals surface area contributed by atoms with Crippen molar-refractivity contribution in [3.63, 3.8) is 0 Å². The molecule has 0 spiro atoms. The third-order valence-electron chi connectivity index (χ3n) is 8.06. The maximum atomic E-state index is 14.2. The summed E-state index contributed by atoms with van der Waals surface area (Å²) in [5.74, 6) is 1.37. The van der Waals surface area contributed by atoms with Crippen LogP contribution in [0.1, 0.15) is 76.5 Å². The molecule has 3 aromatic heterocycles. The molecule has 0 fully saturated rings.